The summed E-state index contributed by atoms with van der Waals surface area (Å²) >= 11 is 0. The maximum atomic E-state index is 12.9. The van der Waals surface area contributed by atoms with Crippen LogP contribution in [0.25, 0.3) is 0 Å². The van der Waals surface area contributed by atoms with Crippen LogP contribution in [-0.4, -0.2) is 47.3 Å². The highest BCUT2D eigenvalue weighted by molar-refractivity contribution is 6.09. The van der Waals surface area contributed by atoms with Crippen molar-refractivity contribution >= 4 is 29.4 Å². The molecule has 1 saturated carbocycles. The Morgan fingerprint density at radius 1 is 1.17 bits per heavy atom. The number of nitrogens with zero attached hydrogens (tertiary/aromatic N) is 2. The van der Waals surface area contributed by atoms with Gasteiger partial charge in [0.05, 0.1) is 0 Å². The first-order valence-corrected chi connectivity index (χ1v) is 10.7. The summed E-state index contributed by atoms with van der Waals surface area (Å²) in [4.78, 5) is 52.4. The second-order valence-electron chi connectivity index (χ2n) is 8.53. The van der Waals surface area contributed by atoms with E-state index in [-0.39, 0.29) is 36.7 Å². The fourth-order valence-electron chi connectivity index (χ4n) is 4.75. The van der Waals surface area contributed by atoms with Gasteiger partial charge in [-0.15, -0.1) is 0 Å². The Hall–Kier alpha value is -2.90. The van der Waals surface area contributed by atoms with E-state index in [0.717, 1.165) is 48.4 Å². The van der Waals surface area contributed by atoms with Crippen molar-refractivity contribution in [3.8, 4) is 0 Å². The van der Waals surface area contributed by atoms with Gasteiger partial charge in [-0.3, -0.25) is 19.3 Å². The molecular formula is C22H28N4O4. The Balaban J connectivity index is 1.32. The molecule has 8 heteroatoms. The molecule has 1 aromatic rings. The zero-order chi connectivity index (χ0) is 21.3. The minimum absolute atomic E-state index is 0.0664. The molecule has 0 radical (unpaired) electrons. The lowest BCUT2D eigenvalue weighted by Gasteiger charge is -2.36. The Morgan fingerprint density at radius 2 is 1.93 bits per heavy atom. The number of anilines is 1. The van der Waals surface area contributed by atoms with E-state index in [9.17, 15) is 19.2 Å². The molecule has 2 heterocycles. The molecule has 5 amide bonds. The predicted octanol–water partition coefficient (Wildman–Crippen LogP) is 1.93. The van der Waals surface area contributed by atoms with Gasteiger partial charge < -0.3 is 15.5 Å². The fraction of sp³-hybridized carbons (Fsp3) is 0.545. The molecule has 0 unspecified atom stereocenters. The van der Waals surface area contributed by atoms with E-state index in [2.05, 4.69) is 10.6 Å². The van der Waals surface area contributed by atoms with Gasteiger partial charge in [-0.2, -0.15) is 0 Å². The topological polar surface area (TPSA) is 98.8 Å². The molecule has 0 bridgehead atoms. The molecule has 0 aromatic heterocycles. The summed E-state index contributed by atoms with van der Waals surface area (Å²) < 4.78 is 0. The number of rotatable bonds is 5. The standard InChI is InChI=1S/C22H28N4O4/c1-15-5-2-3-11-22(15)20(29)26(21(30)24-22)14-18(27)23-13-16-7-9-17(10-8-16)25-12-4-6-19(25)28/h7-10,15H,2-6,11-14H2,1H3,(H,23,27)(H,24,30)/t15-,22-/m1/s1. The summed E-state index contributed by atoms with van der Waals surface area (Å²) in [6.45, 7) is 2.74. The van der Waals surface area contributed by atoms with Crippen molar-refractivity contribution in [1.29, 1.82) is 0 Å². The summed E-state index contributed by atoms with van der Waals surface area (Å²) in [7, 11) is 0. The molecule has 4 rings (SSSR count). The quantitative estimate of drug-likeness (QED) is 0.722. The van der Waals surface area contributed by atoms with Crippen molar-refractivity contribution in [3.63, 3.8) is 0 Å². The molecule has 1 aromatic carbocycles. The summed E-state index contributed by atoms with van der Waals surface area (Å²) in [5, 5.41) is 5.63. The third kappa shape index (κ3) is 3.66. The Morgan fingerprint density at radius 3 is 2.60 bits per heavy atom. The Labute approximate surface area is 176 Å². The van der Waals surface area contributed by atoms with Gasteiger partial charge in [-0.05, 0) is 42.9 Å². The molecule has 3 fully saturated rings. The second kappa shape index (κ2) is 8.08. The smallest absolute Gasteiger partial charge is 0.325 e. The molecule has 160 valence electrons. The van der Waals surface area contributed by atoms with Gasteiger partial charge in [0.2, 0.25) is 11.8 Å². The van der Waals surface area contributed by atoms with Gasteiger partial charge in [0, 0.05) is 25.2 Å². The molecule has 30 heavy (non-hydrogen) atoms. The number of imide groups is 1. The van der Waals surface area contributed by atoms with Crippen LogP contribution >= 0.6 is 0 Å². The lowest BCUT2D eigenvalue weighted by atomic mass is 9.73. The van der Waals surface area contributed by atoms with Gasteiger partial charge >= 0.3 is 6.03 Å². The van der Waals surface area contributed by atoms with Crippen LogP contribution in [0.5, 0.6) is 0 Å². The molecule has 8 nitrogen and oxygen atoms in total. The van der Waals surface area contributed by atoms with Crippen LogP contribution < -0.4 is 15.5 Å². The first-order valence-electron chi connectivity index (χ1n) is 10.7. The highest BCUT2D eigenvalue weighted by Crippen LogP contribution is 2.38. The van der Waals surface area contributed by atoms with Crippen LogP contribution in [0.3, 0.4) is 0 Å². The first kappa shape index (κ1) is 20.4. The van der Waals surface area contributed by atoms with E-state index in [0.29, 0.717) is 12.8 Å². The Kier molecular flexibility index (Phi) is 5.49. The van der Waals surface area contributed by atoms with Gasteiger partial charge in [0.1, 0.15) is 12.1 Å². The third-order valence-electron chi connectivity index (χ3n) is 6.61. The number of amides is 5. The summed E-state index contributed by atoms with van der Waals surface area (Å²) in [5.74, 6) is -0.460. The summed E-state index contributed by atoms with van der Waals surface area (Å²) in [6.07, 6.45) is 4.93. The second-order valence-corrected chi connectivity index (χ2v) is 8.53. The van der Waals surface area contributed by atoms with E-state index in [1.54, 1.807) is 4.90 Å². The molecule has 2 N–H and O–H groups in total. The average molecular weight is 412 g/mol. The number of carbonyl (C=O) groups is 4. The number of nitrogens with one attached hydrogen (secondary N) is 2. The van der Waals surface area contributed by atoms with E-state index in [4.69, 9.17) is 0 Å². The zero-order valence-corrected chi connectivity index (χ0v) is 17.3. The van der Waals surface area contributed by atoms with Gasteiger partial charge in [0.25, 0.3) is 5.91 Å². The number of benzene rings is 1. The molecule has 1 spiro atoms. The largest absolute Gasteiger partial charge is 0.350 e. The number of hydrogen-bond donors (Lipinski definition) is 2. The third-order valence-corrected chi connectivity index (χ3v) is 6.61. The predicted molar refractivity (Wildman–Crippen MR) is 110 cm³/mol. The van der Waals surface area contributed by atoms with Crippen molar-refractivity contribution in [1.82, 2.24) is 15.5 Å². The molecular weight excluding hydrogens is 384 g/mol. The molecule has 2 saturated heterocycles. The Bertz CT molecular complexity index is 868. The van der Waals surface area contributed by atoms with Crippen molar-refractivity contribution in [3.05, 3.63) is 29.8 Å². The first-order chi connectivity index (χ1) is 14.4. The highest BCUT2D eigenvalue weighted by Gasteiger charge is 2.55. The van der Waals surface area contributed by atoms with Crippen LogP contribution in [0.2, 0.25) is 0 Å². The van der Waals surface area contributed by atoms with E-state index >= 15 is 0 Å². The van der Waals surface area contributed by atoms with E-state index in [1.165, 1.54) is 0 Å². The van der Waals surface area contributed by atoms with E-state index < -0.39 is 11.6 Å². The normalized spacial score (nSPS) is 26.4. The molecule has 2 aliphatic heterocycles. The molecule has 3 aliphatic rings. The van der Waals surface area contributed by atoms with E-state index in [1.807, 2.05) is 31.2 Å². The van der Waals surface area contributed by atoms with Crippen molar-refractivity contribution in [2.45, 2.75) is 57.5 Å². The summed E-state index contributed by atoms with van der Waals surface area (Å²) in [5.41, 5.74) is 0.894. The maximum absolute atomic E-state index is 12.9. The average Bonchev–Trinajstić information content (AvgIpc) is 3.26. The van der Waals surface area contributed by atoms with Gasteiger partial charge in [-0.25, -0.2) is 4.79 Å². The number of carbonyl (C=O) groups excluding carboxylic acids is 4. The molecule has 1 aliphatic carbocycles. The number of hydrogen-bond acceptors (Lipinski definition) is 4. The van der Waals surface area contributed by atoms with Crippen LogP contribution in [0.1, 0.15) is 51.0 Å². The maximum Gasteiger partial charge on any atom is 0.325 e. The van der Waals surface area contributed by atoms with Crippen LogP contribution in [0.15, 0.2) is 24.3 Å². The van der Waals surface area contributed by atoms with Gasteiger partial charge in [-0.1, -0.05) is 31.9 Å². The zero-order valence-electron chi connectivity index (χ0n) is 17.3. The SMILES string of the molecule is C[C@@H]1CCCC[C@@]12NC(=O)N(CC(=O)NCc1ccc(N3CCCC3=O)cc1)C2=O. The lowest BCUT2D eigenvalue weighted by molar-refractivity contribution is -0.137. The monoisotopic (exact) mass is 412 g/mol. The van der Waals surface area contributed by atoms with Crippen LogP contribution in [-0.2, 0) is 20.9 Å². The van der Waals surface area contributed by atoms with Crippen molar-refractivity contribution in [2.75, 3.05) is 18.0 Å². The summed E-state index contributed by atoms with van der Waals surface area (Å²) in [6, 6.07) is 7.00. The van der Waals surface area contributed by atoms with Crippen molar-refractivity contribution < 1.29 is 19.2 Å². The lowest BCUT2D eigenvalue weighted by Crippen LogP contribution is -2.54. The minimum Gasteiger partial charge on any atom is -0.350 e. The van der Waals surface area contributed by atoms with Crippen molar-refractivity contribution in [2.24, 2.45) is 5.92 Å². The highest BCUT2D eigenvalue weighted by atomic mass is 16.2. The fourth-order valence-corrected chi connectivity index (χ4v) is 4.75. The van der Waals surface area contributed by atoms with Crippen LogP contribution in [0, 0.1) is 5.92 Å². The minimum atomic E-state index is -0.849. The number of urea groups is 1. The van der Waals surface area contributed by atoms with Crippen LogP contribution in [0.4, 0.5) is 10.5 Å². The molecule has 2 atom stereocenters. The van der Waals surface area contributed by atoms with Gasteiger partial charge in [0.15, 0.2) is 0 Å².